The number of nitrogen functional groups attached to an aromatic ring is 1. The van der Waals surface area contributed by atoms with E-state index in [4.69, 9.17) is 10.2 Å². The van der Waals surface area contributed by atoms with Gasteiger partial charge in [-0.05, 0) is 41.7 Å². The van der Waals surface area contributed by atoms with E-state index in [1.165, 1.54) is 38.5 Å². The molecule has 0 aliphatic heterocycles. The van der Waals surface area contributed by atoms with Crippen LogP contribution in [0.5, 0.6) is 0 Å². The molecule has 1 aromatic carbocycles. The number of nitrogens with one attached hydrogen (secondary N) is 1. The van der Waals surface area contributed by atoms with Crippen LogP contribution in [-0.4, -0.2) is 27.9 Å². The van der Waals surface area contributed by atoms with Crippen LogP contribution < -0.4 is 11.1 Å². The molecule has 2 aromatic heterocycles. The number of benzene rings is 1. The van der Waals surface area contributed by atoms with Crippen molar-refractivity contribution in [2.75, 3.05) is 17.6 Å². The van der Waals surface area contributed by atoms with Gasteiger partial charge in [0.05, 0.1) is 5.52 Å². The molecule has 3 N–H and O–H groups in total. The van der Waals surface area contributed by atoms with Crippen LogP contribution in [0.25, 0.3) is 22.5 Å². The van der Waals surface area contributed by atoms with Gasteiger partial charge in [0.2, 0.25) is 0 Å². The Bertz CT molecular complexity index is 1070. The highest BCUT2D eigenvalue weighted by atomic mass is 19.4. The predicted molar refractivity (Wildman–Crippen MR) is 125 cm³/mol. The number of aryl methyl sites for hydroxylation is 1. The normalized spacial score (nSPS) is 14.6. The van der Waals surface area contributed by atoms with Crippen molar-refractivity contribution in [3.05, 3.63) is 29.3 Å². The summed E-state index contributed by atoms with van der Waals surface area (Å²) in [6, 6.07) is 5.05. The van der Waals surface area contributed by atoms with Gasteiger partial charge < -0.3 is 15.5 Å². The summed E-state index contributed by atoms with van der Waals surface area (Å²) >= 11 is 0. The number of rotatable bonds is 3. The van der Waals surface area contributed by atoms with Crippen molar-refractivity contribution < 1.29 is 17.6 Å². The minimum atomic E-state index is -4.30. The Labute approximate surface area is 192 Å². The Morgan fingerprint density at radius 3 is 2.06 bits per heavy atom. The molecule has 0 saturated heterocycles. The second-order valence-corrected chi connectivity index (χ2v) is 9.53. The van der Waals surface area contributed by atoms with Crippen molar-refractivity contribution in [2.45, 2.75) is 77.8 Å². The molecule has 6 nitrogen and oxygen atoms in total. The number of hydrogen-bond acceptors (Lipinski definition) is 6. The van der Waals surface area contributed by atoms with E-state index >= 15 is 0 Å². The van der Waals surface area contributed by atoms with Gasteiger partial charge in [-0.25, -0.2) is 4.98 Å². The first-order chi connectivity index (χ1) is 15.4. The summed E-state index contributed by atoms with van der Waals surface area (Å²) in [5.41, 5.74) is 8.30. The molecular weight excluding hydrogens is 431 g/mol. The third-order valence-electron chi connectivity index (χ3n) is 5.58. The lowest BCUT2D eigenvalue weighted by Gasteiger charge is -2.23. The third-order valence-corrected chi connectivity index (χ3v) is 5.58. The van der Waals surface area contributed by atoms with E-state index in [1.807, 2.05) is 27.7 Å². The van der Waals surface area contributed by atoms with Gasteiger partial charge in [-0.3, -0.25) is 0 Å². The quantitative estimate of drug-likeness (QED) is 0.445. The molecule has 1 aliphatic rings. The van der Waals surface area contributed by atoms with Gasteiger partial charge in [-0.15, -0.1) is 5.10 Å². The molecule has 0 bridgehead atoms. The van der Waals surface area contributed by atoms with Crippen LogP contribution in [0.4, 0.5) is 24.9 Å². The van der Waals surface area contributed by atoms with Crippen LogP contribution in [0, 0.1) is 6.92 Å². The summed E-state index contributed by atoms with van der Waals surface area (Å²) in [4.78, 5) is 4.63. The highest BCUT2D eigenvalue weighted by Crippen LogP contribution is 2.35. The molecule has 1 aliphatic carbocycles. The molecule has 4 rings (SSSR count). The summed E-state index contributed by atoms with van der Waals surface area (Å²) in [5.74, 6) is 0.191. The molecule has 0 spiro atoms. The molecule has 180 valence electrons. The number of aromatic nitrogens is 3. The van der Waals surface area contributed by atoms with Crippen molar-refractivity contribution in [1.82, 2.24) is 15.2 Å². The number of hydrogen-bond donors (Lipinski definition) is 2. The smallest absolute Gasteiger partial charge is 0.402 e. The van der Waals surface area contributed by atoms with Gasteiger partial charge in [0.1, 0.15) is 12.2 Å². The van der Waals surface area contributed by atoms with Crippen molar-refractivity contribution >= 4 is 22.6 Å². The number of fused-ring (bicyclic) bond motifs is 1. The lowest BCUT2D eigenvalue weighted by atomic mass is 9.84. The van der Waals surface area contributed by atoms with E-state index in [0.717, 1.165) is 16.5 Å². The Balaban J connectivity index is 0.000000442. The number of alkyl halides is 3. The van der Waals surface area contributed by atoms with E-state index in [0.29, 0.717) is 16.9 Å². The summed E-state index contributed by atoms with van der Waals surface area (Å²) in [6.07, 6.45) is 4.70. The molecular formula is C24H32F3N5O. The van der Waals surface area contributed by atoms with Crippen molar-refractivity contribution in [3.8, 4) is 11.6 Å². The first-order valence-electron chi connectivity index (χ1n) is 11.3. The molecule has 0 amide bonds. The van der Waals surface area contributed by atoms with E-state index in [1.54, 1.807) is 18.2 Å². The largest absolute Gasteiger partial charge is 0.405 e. The average molecular weight is 464 g/mol. The lowest BCUT2D eigenvalue weighted by Crippen LogP contribution is -2.22. The van der Waals surface area contributed by atoms with Gasteiger partial charge in [-0.1, -0.05) is 64.4 Å². The molecule has 9 heteroatoms. The first-order valence-corrected chi connectivity index (χ1v) is 11.3. The summed E-state index contributed by atoms with van der Waals surface area (Å²) in [6.45, 7) is 6.68. The lowest BCUT2D eigenvalue weighted by molar-refractivity contribution is -0.115. The van der Waals surface area contributed by atoms with Gasteiger partial charge in [0.15, 0.2) is 0 Å². The molecule has 0 unspecified atom stereocenters. The summed E-state index contributed by atoms with van der Waals surface area (Å²) in [5, 5.41) is 10.7. The number of halogens is 3. The predicted octanol–water partition coefficient (Wildman–Crippen LogP) is 6.79. The Hall–Kier alpha value is -2.84. The van der Waals surface area contributed by atoms with Crippen molar-refractivity contribution in [2.24, 2.45) is 0 Å². The van der Waals surface area contributed by atoms with Crippen molar-refractivity contribution in [1.29, 1.82) is 0 Å². The minimum Gasteiger partial charge on any atom is -0.402 e. The first kappa shape index (κ1) is 24.8. The second-order valence-electron chi connectivity index (χ2n) is 9.53. The fourth-order valence-corrected chi connectivity index (χ4v) is 3.88. The Morgan fingerprint density at radius 1 is 0.970 bits per heavy atom. The van der Waals surface area contributed by atoms with Crippen LogP contribution >= 0.6 is 0 Å². The molecule has 3 aromatic rings. The van der Waals surface area contributed by atoms with Gasteiger partial charge in [-0.2, -0.15) is 13.2 Å². The molecule has 1 saturated carbocycles. The number of nitrogens with two attached hydrogens (primary N) is 1. The fourth-order valence-electron chi connectivity index (χ4n) is 3.88. The van der Waals surface area contributed by atoms with Crippen LogP contribution in [0.2, 0.25) is 0 Å². The van der Waals surface area contributed by atoms with E-state index < -0.39 is 12.7 Å². The van der Waals surface area contributed by atoms with Crippen LogP contribution in [-0.2, 0) is 5.41 Å². The third kappa shape index (κ3) is 6.82. The minimum absolute atomic E-state index is 0.0627. The SMILES string of the molecule is C1CCCCC1.Cc1cc(-c2nnc(N)o2)nc2c(C(C)(C)C)cc(NCC(F)(F)F)cc12. The van der Waals surface area contributed by atoms with Crippen molar-refractivity contribution in [3.63, 3.8) is 0 Å². The van der Waals surface area contributed by atoms with E-state index in [-0.39, 0.29) is 17.3 Å². The zero-order chi connectivity index (χ0) is 24.2. The van der Waals surface area contributed by atoms with Gasteiger partial charge in [0.25, 0.3) is 5.89 Å². The Morgan fingerprint density at radius 2 is 1.58 bits per heavy atom. The topological polar surface area (TPSA) is 89.9 Å². The molecule has 2 heterocycles. The van der Waals surface area contributed by atoms with E-state index in [9.17, 15) is 13.2 Å². The fraction of sp³-hybridized carbons (Fsp3) is 0.542. The number of nitrogens with zero attached hydrogens (tertiary/aromatic N) is 3. The van der Waals surface area contributed by atoms with Crippen LogP contribution in [0.1, 0.15) is 70.4 Å². The van der Waals surface area contributed by atoms with Gasteiger partial charge >= 0.3 is 12.2 Å². The summed E-state index contributed by atoms with van der Waals surface area (Å²) in [7, 11) is 0. The maximum Gasteiger partial charge on any atom is 0.405 e. The maximum absolute atomic E-state index is 12.6. The number of pyridine rings is 1. The zero-order valence-electron chi connectivity index (χ0n) is 19.6. The maximum atomic E-state index is 12.6. The highest BCUT2D eigenvalue weighted by Gasteiger charge is 2.27. The molecule has 0 atom stereocenters. The van der Waals surface area contributed by atoms with Crippen LogP contribution in [0.3, 0.4) is 0 Å². The van der Waals surface area contributed by atoms with Gasteiger partial charge in [0, 0.05) is 11.1 Å². The molecule has 0 radical (unpaired) electrons. The average Bonchev–Trinajstić information content (AvgIpc) is 3.19. The zero-order valence-corrected chi connectivity index (χ0v) is 19.6. The Kier molecular flexibility index (Phi) is 7.49. The second kappa shape index (κ2) is 9.97. The number of anilines is 2. The standard InChI is InChI=1S/C18H20F3N5O.C6H12/c1-9-5-13(15-25-26-16(22)27-15)24-14-11(9)6-10(23-8-18(19,20)21)7-12(14)17(2,3)4;1-2-4-6-5-3-1/h5-7,23H,8H2,1-4H3,(H2,22,26);1-6H2. The highest BCUT2D eigenvalue weighted by molar-refractivity contribution is 5.90. The summed E-state index contributed by atoms with van der Waals surface area (Å²) < 4.78 is 43.1. The van der Waals surface area contributed by atoms with Crippen LogP contribution in [0.15, 0.2) is 22.6 Å². The molecule has 1 fully saturated rings. The molecule has 33 heavy (non-hydrogen) atoms. The van der Waals surface area contributed by atoms with E-state index in [2.05, 4.69) is 20.5 Å². The monoisotopic (exact) mass is 463 g/mol.